The smallest absolute Gasteiger partial charge is 0.245 e. The maximum atomic E-state index is 12.7. The zero-order valence-corrected chi connectivity index (χ0v) is 18.9. The van der Waals surface area contributed by atoms with Crippen molar-refractivity contribution in [2.75, 3.05) is 18.4 Å². The van der Waals surface area contributed by atoms with E-state index in [1.165, 1.54) is 6.08 Å². The molecule has 2 amide bonds. The van der Waals surface area contributed by atoms with E-state index in [0.29, 0.717) is 30.3 Å². The van der Waals surface area contributed by atoms with Gasteiger partial charge < -0.3 is 15.2 Å². The van der Waals surface area contributed by atoms with Crippen molar-refractivity contribution < 1.29 is 9.59 Å². The average molecular weight is 469 g/mol. The normalized spacial score (nSPS) is 15.5. The fourth-order valence-electron chi connectivity index (χ4n) is 4.09. The van der Waals surface area contributed by atoms with Gasteiger partial charge in [0, 0.05) is 19.3 Å². The highest BCUT2D eigenvalue weighted by atomic mass is 16.2. The number of carbonyl (C=O) groups is 2. The number of aromatic nitrogens is 6. The summed E-state index contributed by atoms with van der Waals surface area (Å²) in [4.78, 5) is 43.1. The Bertz CT molecular complexity index is 1340. The van der Waals surface area contributed by atoms with E-state index in [1.54, 1.807) is 35.6 Å². The Hall–Kier alpha value is -4.60. The summed E-state index contributed by atoms with van der Waals surface area (Å²) in [7, 11) is 0. The maximum absolute atomic E-state index is 12.7. The number of hydrogen-bond donors (Lipinski definition) is 3. The van der Waals surface area contributed by atoms with Gasteiger partial charge in [-0.15, -0.1) is 0 Å². The van der Waals surface area contributed by atoms with E-state index in [2.05, 4.69) is 42.0 Å². The molecule has 176 valence electrons. The first kappa shape index (κ1) is 22.2. The standard InChI is InChI=1S/C25H24N8O2/c1-2-23(34)33-12-4-5-16(15-33)25(35)29-17-8-9-21(26-13-17)24-27-14-22(31-24)19-7-3-6-18(30-19)20-10-11-28-32-20/h2-3,6-11,13-14,16H,1,4-5,12,15H2,(H,27,31)(H,28,32)(H,29,35)/t16-/m0/s1. The van der Waals surface area contributed by atoms with Gasteiger partial charge in [-0.1, -0.05) is 12.6 Å². The van der Waals surface area contributed by atoms with Crippen LogP contribution in [0.2, 0.25) is 0 Å². The molecule has 3 N–H and O–H groups in total. The summed E-state index contributed by atoms with van der Waals surface area (Å²) >= 11 is 0. The van der Waals surface area contributed by atoms with Gasteiger partial charge in [-0.05, 0) is 49.2 Å². The second kappa shape index (κ2) is 9.72. The first-order chi connectivity index (χ1) is 17.1. The molecule has 10 nitrogen and oxygen atoms in total. The van der Waals surface area contributed by atoms with Crippen molar-refractivity contribution in [1.82, 2.24) is 35.0 Å². The third-order valence-electron chi connectivity index (χ3n) is 5.93. The van der Waals surface area contributed by atoms with Crippen molar-refractivity contribution in [3.8, 4) is 34.3 Å². The van der Waals surface area contributed by atoms with Gasteiger partial charge in [0.1, 0.15) is 5.69 Å². The second-order valence-electron chi connectivity index (χ2n) is 8.27. The molecule has 10 heteroatoms. The van der Waals surface area contributed by atoms with E-state index in [9.17, 15) is 9.59 Å². The van der Waals surface area contributed by atoms with Crippen molar-refractivity contribution in [1.29, 1.82) is 0 Å². The van der Waals surface area contributed by atoms with E-state index in [4.69, 9.17) is 0 Å². The Balaban J connectivity index is 1.25. The number of piperidine rings is 1. The molecule has 0 unspecified atom stereocenters. The molecule has 4 aromatic rings. The first-order valence-corrected chi connectivity index (χ1v) is 11.3. The number of anilines is 1. The Morgan fingerprint density at radius 3 is 2.66 bits per heavy atom. The van der Waals surface area contributed by atoms with Gasteiger partial charge in [-0.2, -0.15) is 5.10 Å². The number of H-pyrrole nitrogens is 2. The molecule has 5 rings (SSSR count). The predicted molar refractivity (Wildman–Crippen MR) is 131 cm³/mol. The van der Waals surface area contributed by atoms with Gasteiger partial charge in [0.15, 0.2) is 5.82 Å². The fourth-order valence-corrected chi connectivity index (χ4v) is 4.09. The monoisotopic (exact) mass is 468 g/mol. The molecule has 1 saturated heterocycles. The summed E-state index contributed by atoms with van der Waals surface area (Å²) in [6, 6.07) is 11.2. The van der Waals surface area contributed by atoms with Crippen molar-refractivity contribution in [3.63, 3.8) is 0 Å². The fraction of sp³-hybridized carbons (Fsp3) is 0.200. The molecule has 5 heterocycles. The molecule has 1 aliphatic heterocycles. The predicted octanol–water partition coefficient (Wildman–Crippen LogP) is 3.29. The highest BCUT2D eigenvalue weighted by molar-refractivity contribution is 5.93. The number of hydrogen-bond acceptors (Lipinski definition) is 6. The number of imidazole rings is 1. The number of nitrogens with zero attached hydrogens (tertiary/aromatic N) is 5. The average Bonchev–Trinajstić information content (AvgIpc) is 3.62. The highest BCUT2D eigenvalue weighted by Gasteiger charge is 2.27. The Morgan fingerprint density at radius 2 is 1.91 bits per heavy atom. The van der Waals surface area contributed by atoms with Crippen molar-refractivity contribution in [2.24, 2.45) is 5.92 Å². The molecule has 35 heavy (non-hydrogen) atoms. The summed E-state index contributed by atoms with van der Waals surface area (Å²) in [5, 5.41) is 9.79. The molecule has 0 spiro atoms. The van der Waals surface area contributed by atoms with Crippen molar-refractivity contribution >= 4 is 17.5 Å². The molecule has 0 saturated carbocycles. The lowest BCUT2D eigenvalue weighted by Gasteiger charge is -2.31. The number of likely N-dealkylation sites (tertiary alicyclic amines) is 1. The molecule has 0 aromatic carbocycles. The number of aromatic amines is 2. The number of carbonyl (C=O) groups excluding carboxylic acids is 2. The second-order valence-corrected chi connectivity index (χ2v) is 8.27. The molecule has 4 aromatic heterocycles. The highest BCUT2D eigenvalue weighted by Crippen LogP contribution is 2.24. The molecular weight excluding hydrogens is 444 g/mol. The zero-order chi connectivity index (χ0) is 24.2. The van der Waals surface area contributed by atoms with Crippen LogP contribution < -0.4 is 5.32 Å². The van der Waals surface area contributed by atoms with Gasteiger partial charge in [0.05, 0.1) is 46.8 Å². The molecule has 0 bridgehead atoms. The molecule has 1 aliphatic rings. The number of nitrogens with one attached hydrogen (secondary N) is 3. The summed E-state index contributed by atoms with van der Waals surface area (Å²) in [6.07, 6.45) is 7.81. The van der Waals surface area contributed by atoms with Crippen LogP contribution in [0.15, 0.2) is 67.6 Å². The lowest BCUT2D eigenvalue weighted by molar-refractivity contribution is -0.130. The SMILES string of the molecule is C=CC(=O)N1CCC[C@H](C(=O)Nc2ccc(-c3ncc(-c4cccc(-c5ccn[nH]5)n4)[nH]3)nc2)C1. The molecular formula is C25H24N8O2. The van der Waals surface area contributed by atoms with Crippen molar-refractivity contribution in [2.45, 2.75) is 12.8 Å². The van der Waals surface area contributed by atoms with Crippen LogP contribution in [0, 0.1) is 5.92 Å². The van der Waals surface area contributed by atoms with Crippen LogP contribution in [0.25, 0.3) is 34.3 Å². The minimum Gasteiger partial charge on any atom is -0.338 e. The van der Waals surface area contributed by atoms with Crippen LogP contribution in [0.4, 0.5) is 5.69 Å². The minimum absolute atomic E-state index is 0.121. The van der Waals surface area contributed by atoms with Crippen LogP contribution in [-0.2, 0) is 9.59 Å². The Labute approximate surface area is 201 Å². The van der Waals surface area contributed by atoms with Gasteiger partial charge in [-0.3, -0.25) is 19.7 Å². The maximum Gasteiger partial charge on any atom is 0.245 e. The third kappa shape index (κ3) is 4.86. The Morgan fingerprint density at radius 1 is 1.06 bits per heavy atom. The summed E-state index contributed by atoms with van der Waals surface area (Å²) < 4.78 is 0. The molecule has 0 radical (unpaired) electrons. The summed E-state index contributed by atoms with van der Waals surface area (Å²) in [5.74, 6) is 0.0710. The first-order valence-electron chi connectivity index (χ1n) is 11.3. The van der Waals surface area contributed by atoms with Crippen LogP contribution in [0.1, 0.15) is 12.8 Å². The summed E-state index contributed by atoms with van der Waals surface area (Å²) in [6.45, 7) is 4.57. The summed E-state index contributed by atoms with van der Waals surface area (Å²) in [5.41, 5.74) is 4.35. The number of rotatable bonds is 6. The topological polar surface area (TPSA) is 133 Å². The van der Waals surface area contributed by atoms with E-state index in [1.807, 2.05) is 24.3 Å². The van der Waals surface area contributed by atoms with E-state index in [0.717, 1.165) is 35.6 Å². The zero-order valence-electron chi connectivity index (χ0n) is 18.9. The van der Waals surface area contributed by atoms with E-state index in [-0.39, 0.29) is 17.7 Å². The van der Waals surface area contributed by atoms with Gasteiger partial charge in [0.2, 0.25) is 11.8 Å². The van der Waals surface area contributed by atoms with Crippen molar-refractivity contribution in [3.05, 3.63) is 67.6 Å². The Kier molecular flexibility index (Phi) is 6.16. The lowest BCUT2D eigenvalue weighted by Crippen LogP contribution is -2.43. The minimum atomic E-state index is -0.259. The van der Waals surface area contributed by atoms with Crippen LogP contribution in [-0.4, -0.2) is 59.9 Å². The van der Waals surface area contributed by atoms with Gasteiger partial charge in [0.25, 0.3) is 0 Å². The molecule has 0 aliphatic carbocycles. The van der Waals surface area contributed by atoms with Gasteiger partial charge in [-0.25, -0.2) is 9.97 Å². The van der Waals surface area contributed by atoms with E-state index < -0.39 is 0 Å². The quantitative estimate of drug-likeness (QED) is 0.372. The van der Waals surface area contributed by atoms with Crippen LogP contribution in [0.3, 0.4) is 0 Å². The number of amides is 2. The molecule has 1 fully saturated rings. The van der Waals surface area contributed by atoms with Gasteiger partial charge >= 0.3 is 0 Å². The third-order valence-corrected chi connectivity index (χ3v) is 5.93. The lowest BCUT2D eigenvalue weighted by atomic mass is 9.97. The van der Waals surface area contributed by atoms with E-state index >= 15 is 0 Å². The largest absolute Gasteiger partial charge is 0.338 e. The number of pyridine rings is 2. The molecule has 1 atom stereocenters. The van der Waals surface area contributed by atoms with Crippen LogP contribution >= 0.6 is 0 Å². The van der Waals surface area contributed by atoms with Crippen LogP contribution in [0.5, 0.6) is 0 Å².